The van der Waals surface area contributed by atoms with Crippen LogP contribution in [-0.4, -0.2) is 11.6 Å². The summed E-state index contributed by atoms with van der Waals surface area (Å²) in [4.78, 5) is 4.20. The number of hydrogen-bond acceptors (Lipinski definition) is 3. The van der Waals surface area contributed by atoms with E-state index in [-0.39, 0.29) is 11.9 Å². The van der Waals surface area contributed by atoms with Crippen LogP contribution >= 0.6 is 15.9 Å². The highest BCUT2D eigenvalue weighted by atomic mass is 79.9. The van der Waals surface area contributed by atoms with E-state index in [2.05, 4.69) is 26.2 Å². The molecule has 1 unspecified atom stereocenters. The molecular weight excluding hydrogens is 323 g/mol. The van der Waals surface area contributed by atoms with Gasteiger partial charge < -0.3 is 10.1 Å². The summed E-state index contributed by atoms with van der Waals surface area (Å²) < 4.78 is 19.1. The van der Waals surface area contributed by atoms with Crippen LogP contribution in [0.5, 0.6) is 5.88 Å². The Morgan fingerprint density at radius 1 is 1.35 bits per heavy atom. The van der Waals surface area contributed by atoms with Gasteiger partial charge in [0.1, 0.15) is 5.82 Å². The van der Waals surface area contributed by atoms with E-state index in [9.17, 15) is 4.39 Å². The van der Waals surface area contributed by atoms with E-state index in [1.54, 1.807) is 12.3 Å². The van der Waals surface area contributed by atoms with Crippen LogP contribution in [0.1, 0.15) is 25.5 Å². The maximum Gasteiger partial charge on any atom is 0.213 e. The van der Waals surface area contributed by atoms with Crippen LogP contribution < -0.4 is 10.1 Å². The third-order valence-electron chi connectivity index (χ3n) is 2.84. The summed E-state index contributed by atoms with van der Waals surface area (Å²) >= 11 is 3.38. The topological polar surface area (TPSA) is 34.1 Å². The molecule has 0 aliphatic rings. The van der Waals surface area contributed by atoms with Gasteiger partial charge in [0.25, 0.3) is 0 Å². The molecule has 0 fully saturated rings. The molecule has 106 valence electrons. The molecule has 0 bridgehead atoms. The molecule has 2 aromatic rings. The molecule has 1 heterocycles. The minimum absolute atomic E-state index is 0.0321. The van der Waals surface area contributed by atoms with Crippen LogP contribution in [0.4, 0.5) is 10.1 Å². The van der Waals surface area contributed by atoms with Crippen LogP contribution in [-0.2, 0) is 0 Å². The van der Waals surface area contributed by atoms with Crippen molar-refractivity contribution in [1.82, 2.24) is 4.98 Å². The van der Waals surface area contributed by atoms with Gasteiger partial charge in [-0.05, 0) is 37.6 Å². The third-order valence-corrected chi connectivity index (χ3v) is 3.53. The second-order valence-corrected chi connectivity index (χ2v) is 5.20. The number of anilines is 1. The van der Waals surface area contributed by atoms with Gasteiger partial charge in [-0.3, -0.25) is 0 Å². The normalized spacial score (nSPS) is 12.0. The number of aromatic nitrogens is 1. The summed E-state index contributed by atoms with van der Waals surface area (Å²) in [5.41, 5.74) is 1.87. The van der Waals surface area contributed by atoms with Crippen molar-refractivity contribution in [3.63, 3.8) is 0 Å². The highest BCUT2D eigenvalue weighted by Gasteiger charge is 2.10. The Labute approximate surface area is 126 Å². The first-order valence-corrected chi connectivity index (χ1v) is 7.19. The summed E-state index contributed by atoms with van der Waals surface area (Å²) in [5.74, 6) is 0.351. The molecule has 0 amide bonds. The van der Waals surface area contributed by atoms with Crippen molar-refractivity contribution in [3.8, 4) is 5.88 Å². The van der Waals surface area contributed by atoms with Gasteiger partial charge in [0.15, 0.2) is 0 Å². The van der Waals surface area contributed by atoms with Crippen LogP contribution in [0.2, 0.25) is 0 Å². The number of pyridine rings is 1. The summed E-state index contributed by atoms with van der Waals surface area (Å²) in [6.45, 7) is 4.52. The first-order chi connectivity index (χ1) is 9.60. The van der Waals surface area contributed by atoms with Crippen molar-refractivity contribution in [2.24, 2.45) is 0 Å². The van der Waals surface area contributed by atoms with Crippen molar-refractivity contribution in [2.45, 2.75) is 19.9 Å². The lowest BCUT2D eigenvalue weighted by molar-refractivity contribution is 0.327. The number of ether oxygens (including phenoxy) is 1. The van der Waals surface area contributed by atoms with Crippen LogP contribution in [0.3, 0.4) is 0 Å². The Morgan fingerprint density at radius 3 is 2.75 bits per heavy atom. The van der Waals surface area contributed by atoms with Crippen molar-refractivity contribution in [3.05, 3.63) is 52.4 Å². The maximum absolute atomic E-state index is 13.1. The summed E-state index contributed by atoms with van der Waals surface area (Å²) in [7, 11) is 0. The smallest absolute Gasteiger partial charge is 0.213 e. The highest BCUT2D eigenvalue weighted by Crippen LogP contribution is 2.27. The van der Waals surface area contributed by atoms with Crippen molar-refractivity contribution in [1.29, 1.82) is 0 Å². The second kappa shape index (κ2) is 6.70. The zero-order valence-corrected chi connectivity index (χ0v) is 12.9. The molecule has 2 rings (SSSR count). The van der Waals surface area contributed by atoms with Crippen molar-refractivity contribution < 1.29 is 9.13 Å². The molecule has 0 spiro atoms. The van der Waals surface area contributed by atoms with E-state index >= 15 is 0 Å². The Hall–Kier alpha value is -1.62. The predicted molar refractivity (Wildman–Crippen MR) is 81.5 cm³/mol. The Kier molecular flexibility index (Phi) is 4.95. The van der Waals surface area contributed by atoms with Crippen molar-refractivity contribution in [2.75, 3.05) is 11.9 Å². The summed E-state index contributed by atoms with van der Waals surface area (Å²) in [6, 6.07) is 8.44. The second-order valence-electron chi connectivity index (χ2n) is 4.35. The minimum atomic E-state index is -0.254. The van der Waals surface area contributed by atoms with Gasteiger partial charge in [0.05, 0.1) is 18.5 Å². The number of benzene rings is 1. The van der Waals surface area contributed by atoms with E-state index in [1.807, 2.05) is 26.0 Å². The van der Waals surface area contributed by atoms with Crippen molar-refractivity contribution >= 4 is 21.6 Å². The predicted octanol–water partition coefficient (Wildman–Crippen LogP) is 4.56. The average Bonchev–Trinajstić information content (AvgIpc) is 2.41. The minimum Gasteiger partial charge on any atom is -0.478 e. The monoisotopic (exact) mass is 338 g/mol. The zero-order valence-electron chi connectivity index (χ0n) is 11.4. The number of halogens is 2. The van der Waals surface area contributed by atoms with E-state index in [4.69, 9.17) is 4.74 Å². The molecule has 1 aromatic carbocycles. The molecule has 1 N–H and O–H groups in total. The fraction of sp³-hybridized carbons (Fsp3) is 0.267. The number of nitrogens with one attached hydrogen (secondary N) is 1. The van der Waals surface area contributed by atoms with Gasteiger partial charge in [0, 0.05) is 16.6 Å². The molecular formula is C15H16BrFN2O. The lowest BCUT2D eigenvalue weighted by Crippen LogP contribution is -2.08. The zero-order chi connectivity index (χ0) is 14.5. The Balaban J connectivity index is 2.08. The highest BCUT2D eigenvalue weighted by molar-refractivity contribution is 9.10. The van der Waals surface area contributed by atoms with Gasteiger partial charge in [-0.25, -0.2) is 9.37 Å². The lowest BCUT2D eigenvalue weighted by atomic mass is 10.1. The van der Waals surface area contributed by atoms with Gasteiger partial charge in [-0.2, -0.15) is 0 Å². The van der Waals surface area contributed by atoms with Crippen LogP contribution in [0.15, 0.2) is 41.0 Å². The summed E-state index contributed by atoms with van der Waals surface area (Å²) in [5, 5.41) is 3.32. The quantitative estimate of drug-likeness (QED) is 0.867. The largest absolute Gasteiger partial charge is 0.478 e. The molecule has 3 nitrogen and oxygen atoms in total. The Morgan fingerprint density at radius 2 is 2.15 bits per heavy atom. The van der Waals surface area contributed by atoms with E-state index in [0.717, 1.165) is 15.7 Å². The van der Waals surface area contributed by atoms with Gasteiger partial charge in [0.2, 0.25) is 5.88 Å². The molecule has 0 aliphatic heterocycles. The maximum atomic E-state index is 13.1. The van der Waals surface area contributed by atoms with Crippen LogP contribution in [0, 0.1) is 5.82 Å². The molecule has 1 atom stereocenters. The van der Waals surface area contributed by atoms with Gasteiger partial charge in [-0.1, -0.05) is 22.0 Å². The van der Waals surface area contributed by atoms with E-state index < -0.39 is 0 Å². The van der Waals surface area contributed by atoms with E-state index in [0.29, 0.717) is 12.5 Å². The van der Waals surface area contributed by atoms with E-state index in [1.165, 1.54) is 12.1 Å². The summed E-state index contributed by atoms with van der Waals surface area (Å²) in [6.07, 6.45) is 1.72. The molecule has 1 aromatic heterocycles. The Bertz CT molecular complexity index is 575. The fourth-order valence-electron chi connectivity index (χ4n) is 1.88. The first kappa shape index (κ1) is 14.8. The molecule has 0 radical (unpaired) electrons. The number of rotatable bonds is 5. The average molecular weight is 339 g/mol. The lowest BCUT2D eigenvalue weighted by Gasteiger charge is -2.17. The molecule has 0 saturated heterocycles. The molecule has 5 heteroatoms. The fourth-order valence-corrected chi connectivity index (χ4v) is 2.57. The van der Waals surface area contributed by atoms with Crippen LogP contribution in [0.25, 0.3) is 0 Å². The first-order valence-electron chi connectivity index (χ1n) is 6.40. The standard InChI is InChI=1S/C15H16BrFN2O/c1-3-20-15-7-5-12(9-18-15)19-10(2)13-6-4-11(17)8-14(13)16/h4-10,19H,3H2,1-2H3. The van der Waals surface area contributed by atoms with Gasteiger partial charge >= 0.3 is 0 Å². The SMILES string of the molecule is CCOc1ccc(NC(C)c2ccc(F)cc2Br)cn1. The number of hydrogen-bond donors (Lipinski definition) is 1. The molecule has 20 heavy (non-hydrogen) atoms. The third kappa shape index (κ3) is 3.70. The molecule has 0 aliphatic carbocycles. The van der Waals surface area contributed by atoms with Gasteiger partial charge in [-0.15, -0.1) is 0 Å². The number of nitrogens with zero attached hydrogens (tertiary/aromatic N) is 1. The molecule has 0 saturated carbocycles.